The number of carbonyl (C=O) groups excluding carboxylic acids is 1. The summed E-state index contributed by atoms with van der Waals surface area (Å²) < 4.78 is 0. The predicted octanol–water partition coefficient (Wildman–Crippen LogP) is 1.40. The van der Waals surface area contributed by atoms with E-state index in [4.69, 9.17) is 5.11 Å². The lowest BCUT2D eigenvalue weighted by atomic mass is 9.79. The molecule has 0 saturated carbocycles. The quantitative estimate of drug-likeness (QED) is 0.757. The van der Waals surface area contributed by atoms with Gasteiger partial charge in [0.15, 0.2) is 0 Å². The number of hydrogen-bond acceptors (Lipinski definition) is 4. The molecule has 6 heteroatoms. The Morgan fingerprint density at radius 1 is 1.25 bits per heavy atom. The lowest BCUT2D eigenvalue weighted by molar-refractivity contribution is -0.122. The highest BCUT2D eigenvalue weighted by atomic mass is 16.4. The van der Waals surface area contributed by atoms with Crippen LogP contribution in [0.25, 0.3) is 0 Å². The van der Waals surface area contributed by atoms with Gasteiger partial charge in [0.2, 0.25) is 5.91 Å². The Hall–Kier alpha value is -1.92. The zero-order valence-electron chi connectivity index (χ0n) is 14.7. The summed E-state index contributed by atoms with van der Waals surface area (Å²) in [7, 11) is 0. The molecule has 0 aliphatic carbocycles. The minimum absolute atomic E-state index is 0.136. The first-order valence-electron chi connectivity index (χ1n) is 8.06. The number of carboxylic acids is 1. The van der Waals surface area contributed by atoms with Crippen molar-refractivity contribution in [3.8, 4) is 0 Å². The fraction of sp³-hybridized carbons (Fsp3) is 0.556. The molecule has 0 spiro atoms. The first-order valence-corrected chi connectivity index (χ1v) is 8.06. The number of amides is 1. The van der Waals surface area contributed by atoms with Gasteiger partial charge in [-0.05, 0) is 37.1 Å². The topological polar surface area (TPSA) is 89.9 Å². The van der Waals surface area contributed by atoms with Crippen LogP contribution in [0.1, 0.15) is 42.3 Å². The Labute approximate surface area is 142 Å². The molecule has 0 radical (unpaired) electrons. The van der Waals surface area contributed by atoms with E-state index in [1.165, 1.54) is 0 Å². The molecule has 132 valence electrons. The summed E-state index contributed by atoms with van der Waals surface area (Å²) in [5, 5.41) is 22.3. The standard InChI is InChI=1S/C18H26N2O4/c1-12-5-6-13(16(22)23)7-14(12)8-19-15(21)9-20-10-17(2,3)18(4,24)11-20/h5-7,24H,8-11H2,1-4H3,(H,19,21)(H,22,23)/t18-/m0/s1. The summed E-state index contributed by atoms with van der Waals surface area (Å²) in [4.78, 5) is 25.2. The second kappa shape index (κ2) is 6.53. The third-order valence-electron chi connectivity index (χ3n) is 5.05. The van der Waals surface area contributed by atoms with Gasteiger partial charge in [-0.1, -0.05) is 19.9 Å². The Morgan fingerprint density at radius 3 is 2.46 bits per heavy atom. The highest BCUT2D eigenvalue weighted by Crippen LogP contribution is 2.38. The monoisotopic (exact) mass is 334 g/mol. The SMILES string of the molecule is Cc1ccc(C(=O)O)cc1CNC(=O)CN1CC(C)(C)[C@@](C)(O)C1. The van der Waals surface area contributed by atoms with Gasteiger partial charge in [-0.25, -0.2) is 4.79 Å². The van der Waals surface area contributed by atoms with Crippen molar-refractivity contribution in [1.82, 2.24) is 10.2 Å². The van der Waals surface area contributed by atoms with Gasteiger partial charge in [0.1, 0.15) is 0 Å². The minimum atomic E-state index is -0.982. The van der Waals surface area contributed by atoms with Crippen molar-refractivity contribution in [3.05, 3.63) is 34.9 Å². The van der Waals surface area contributed by atoms with Crippen LogP contribution in [0.5, 0.6) is 0 Å². The third-order valence-corrected chi connectivity index (χ3v) is 5.05. The van der Waals surface area contributed by atoms with E-state index in [0.717, 1.165) is 11.1 Å². The molecule has 1 aromatic carbocycles. The Balaban J connectivity index is 1.93. The van der Waals surface area contributed by atoms with Gasteiger partial charge >= 0.3 is 5.97 Å². The van der Waals surface area contributed by atoms with Crippen molar-refractivity contribution >= 4 is 11.9 Å². The fourth-order valence-electron chi connectivity index (χ4n) is 2.99. The number of β-amino-alcohol motifs (C(OH)–C–C–N with tert-alkyl or cyclic N) is 1. The van der Waals surface area contributed by atoms with Crippen molar-refractivity contribution in [3.63, 3.8) is 0 Å². The van der Waals surface area contributed by atoms with Gasteiger partial charge in [-0.15, -0.1) is 0 Å². The number of benzene rings is 1. The number of aliphatic hydroxyl groups is 1. The summed E-state index contributed by atoms with van der Waals surface area (Å²) in [5.41, 5.74) is 0.851. The van der Waals surface area contributed by atoms with Crippen LogP contribution in [0.15, 0.2) is 18.2 Å². The van der Waals surface area contributed by atoms with Gasteiger partial charge in [0.05, 0.1) is 17.7 Å². The molecule has 1 amide bonds. The lowest BCUT2D eigenvalue weighted by Gasteiger charge is -2.31. The van der Waals surface area contributed by atoms with Crippen molar-refractivity contribution < 1.29 is 19.8 Å². The highest BCUT2D eigenvalue weighted by Gasteiger charge is 2.47. The van der Waals surface area contributed by atoms with E-state index in [0.29, 0.717) is 19.6 Å². The zero-order valence-corrected chi connectivity index (χ0v) is 14.7. The third kappa shape index (κ3) is 3.94. The van der Waals surface area contributed by atoms with E-state index in [1.807, 2.05) is 25.7 Å². The Kier molecular flexibility index (Phi) is 5.01. The minimum Gasteiger partial charge on any atom is -0.478 e. The van der Waals surface area contributed by atoms with E-state index < -0.39 is 11.6 Å². The number of aromatic carboxylic acids is 1. The average Bonchev–Trinajstić information content (AvgIpc) is 2.64. The summed E-state index contributed by atoms with van der Waals surface area (Å²) in [6.45, 7) is 9.29. The van der Waals surface area contributed by atoms with Gasteiger partial charge in [-0.3, -0.25) is 9.69 Å². The highest BCUT2D eigenvalue weighted by molar-refractivity contribution is 5.88. The van der Waals surface area contributed by atoms with Gasteiger partial charge in [-0.2, -0.15) is 0 Å². The molecule has 24 heavy (non-hydrogen) atoms. The molecule has 3 N–H and O–H groups in total. The van der Waals surface area contributed by atoms with Crippen LogP contribution < -0.4 is 5.32 Å². The molecule has 0 aromatic heterocycles. The molecule has 0 bridgehead atoms. The fourth-order valence-corrected chi connectivity index (χ4v) is 2.99. The maximum absolute atomic E-state index is 12.2. The van der Waals surface area contributed by atoms with E-state index in [2.05, 4.69) is 5.32 Å². The molecule has 1 aliphatic heterocycles. The second-order valence-electron chi connectivity index (χ2n) is 7.53. The Morgan fingerprint density at radius 2 is 1.92 bits per heavy atom. The number of aryl methyl sites for hydroxylation is 1. The van der Waals surface area contributed by atoms with Gasteiger partial charge in [0.25, 0.3) is 0 Å². The molecule has 1 atom stereocenters. The molecule has 1 saturated heterocycles. The van der Waals surface area contributed by atoms with Crippen molar-refractivity contribution in [1.29, 1.82) is 0 Å². The number of carbonyl (C=O) groups is 2. The molecule has 0 unspecified atom stereocenters. The normalized spacial score (nSPS) is 23.2. The molecule has 6 nitrogen and oxygen atoms in total. The van der Waals surface area contributed by atoms with Crippen LogP contribution in [0, 0.1) is 12.3 Å². The van der Waals surface area contributed by atoms with Crippen LogP contribution in [0.2, 0.25) is 0 Å². The molecule has 2 rings (SSSR count). The smallest absolute Gasteiger partial charge is 0.335 e. The molecular formula is C18H26N2O4. The lowest BCUT2D eigenvalue weighted by Crippen LogP contribution is -2.40. The number of likely N-dealkylation sites (tertiary alicyclic amines) is 1. The van der Waals surface area contributed by atoms with Gasteiger partial charge in [0, 0.05) is 25.0 Å². The number of rotatable bonds is 5. The number of nitrogens with one attached hydrogen (secondary N) is 1. The first kappa shape index (κ1) is 18.4. The van der Waals surface area contributed by atoms with Crippen molar-refractivity contribution in [2.45, 2.75) is 39.8 Å². The van der Waals surface area contributed by atoms with Crippen LogP contribution in [0.3, 0.4) is 0 Å². The van der Waals surface area contributed by atoms with E-state index >= 15 is 0 Å². The largest absolute Gasteiger partial charge is 0.478 e. The van der Waals surface area contributed by atoms with Crippen LogP contribution in [-0.4, -0.2) is 52.2 Å². The maximum Gasteiger partial charge on any atom is 0.335 e. The van der Waals surface area contributed by atoms with Crippen LogP contribution in [-0.2, 0) is 11.3 Å². The Bertz CT molecular complexity index is 636. The first-order chi connectivity index (χ1) is 11.0. The number of nitrogens with zero attached hydrogens (tertiary/aromatic N) is 1. The van der Waals surface area contributed by atoms with Crippen molar-refractivity contribution in [2.75, 3.05) is 19.6 Å². The van der Waals surface area contributed by atoms with Gasteiger partial charge < -0.3 is 15.5 Å². The van der Waals surface area contributed by atoms with Crippen molar-refractivity contribution in [2.24, 2.45) is 5.41 Å². The van der Waals surface area contributed by atoms with E-state index in [1.54, 1.807) is 25.1 Å². The van der Waals surface area contributed by atoms with Crippen LogP contribution >= 0.6 is 0 Å². The van der Waals surface area contributed by atoms with E-state index in [9.17, 15) is 14.7 Å². The summed E-state index contributed by atoms with van der Waals surface area (Å²) in [6, 6.07) is 4.88. The molecule has 1 heterocycles. The number of carboxylic acid groups (broad SMARTS) is 1. The molecule has 1 aliphatic rings. The summed E-state index contributed by atoms with van der Waals surface area (Å²) >= 11 is 0. The molecule has 1 fully saturated rings. The molecular weight excluding hydrogens is 308 g/mol. The average molecular weight is 334 g/mol. The predicted molar refractivity (Wildman–Crippen MR) is 90.8 cm³/mol. The maximum atomic E-state index is 12.2. The van der Waals surface area contributed by atoms with Crippen LogP contribution in [0.4, 0.5) is 0 Å². The second-order valence-corrected chi connectivity index (χ2v) is 7.53. The summed E-state index contributed by atoms with van der Waals surface area (Å²) in [5.74, 6) is -1.12. The number of hydrogen-bond donors (Lipinski definition) is 3. The van der Waals surface area contributed by atoms with E-state index in [-0.39, 0.29) is 23.4 Å². The summed E-state index contributed by atoms with van der Waals surface area (Å²) in [6.07, 6.45) is 0. The molecule has 1 aromatic rings. The zero-order chi connectivity index (χ0) is 18.1.